The molecule has 8 heteroatoms. The number of thiophene rings is 1. The zero-order chi connectivity index (χ0) is 20.1. The summed E-state index contributed by atoms with van der Waals surface area (Å²) >= 11 is 7.66. The van der Waals surface area contributed by atoms with Gasteiger partial charge in [0.1, 0.15) is 11.5 Å². The maximum absolute atomic E-state index is 12.2. The van der Waals surface area contributed by atoms with Crippen LogP contribution in [0.2, 0.25) is 5.02 Å². The van der Waals surface area contributed by atoms with Crippen molar-refractivity contribution in [1.29, 1.82) is 0 Å². The summed E-state index contributed by atoms with van der Waals surface area (Å²) in [6, 6.07) is 16.2. The smallest absolute Gasteiger partial charge is 0.227 e. The van der Waals surface area contributed by atoms with Crippen molar-refractivity contribution in [2.24, 2.45) is 0 Å². The number of benzene rings is 2. The van der Waals surface area contributed by atoms with Crippen LogP contribution in [0.4, 0.5) is 5.69 Å². The molecular weight excluding hydrogens is 410 g/mol. The van der Waals surface area contributed by atoms with Crippen LogP contribution >= 0.6 is 22.9 Å². The number of aryl methyl sites for hydroxylation is 1. The highest BCUT2D eigenvalue weighted by Gasteiger charge is 2.11. The number of nitrogens with one attached hydrogen (secondary N) is 1. The summed E-state index contributed by atoms with van der Waals surface area (Å²) in [5.74, 6) is 2.04. The highest BCUT2D eigenvalue weighted by molar-refractivity contribution is 7.08. The van der Waals surface area contributed by atoms with Crippen LogP contribution in [0, 0.1) is 0 Å². The number of hydrogen-bond acceptors (Lipinski definition) is 6. The van der Waals surface area contributed by atoms with Crippen molar-refractivity contribution >= 4 is 34.5 Å². The second-order valence-corrected chi connectivity index (χ2v) is 7.32. The molecule has 0 fully saturated rings. The highest BCUT2D eigenvalue weighted by Crippen LogP contribution is 2.29. The molecule has 0 atom stereocenters. The van der Waals surface area contributed by atoms with E-state index < -0.39 is 0 Å². The second-order valence-electron chi connectivity index (χ2n) is 6.13. The van der Waals surface area contributed by atoms with E-state index in [1.807, 2.05) is 29.0 Å². The molecule has 29 heavy (non-hydrogen) atoms. The maximum Gasteiger partial charge on any atom is 0.227 e. The molecule has 6 nitrogen and oxygen atoms in total. The minimum atomic E-state index is -0.139. The first kappa shape index (κ1) is 19.2. The minimum Gasteiger partial charge on any atom is -0.456 e. The average Bonchev–Trinajstić information content (AvgIpc) is 3.41. The fraction of sp³-hybridized carbons (Fsp3) is 0.0952. The number of nitrogens with zero attached hydrogens (tertiary/aromatic N) is 2. The lowest BCUT2D eigenvalue weighted by atomic mass is 10.2. The first-order valence-electron chi connectivity index (χ1n) is 8.85. The van der Waals surface area contributed by atoms with Crippen LogP contribution < -0.4 is 10.1 Å². The van der Waals surface area contributed by atoms with Gasteiger partial charge in [0.05, 0.1) is 5.02 Å². The molecule has 4 aromatic rings. The van der Waals surface area contributed by atoms with E-state index in [2.05, 4.69) is 15.5 Å². The Morgan fingerprint density at radius 2 is 1.97 bits per heavy atom. The fourth-order valence-electron chi connectivity index (χ4n) is 2.57. The first-order valence-corrected chi connectivity index (χ1v) is 10.2. The fourth-order valence-corrected chi connectivity index (χ4v) is 3.38. The molecule has 2 heterocycles. The number of ether oxygens (including phenoxy) is 1. The van der Waals surface area contributed by atoms with Crippen molar-refractivity contribution in [3.8, 4) is 22.9 Å². The van der Waals surface area contributed by atoms with Gasteiger partial charge in [0.25, 0.3) is 0 Å². The second kappa shape index (κ2) is 8.89. The van der Waals surface area contributed by atoms with Gasteiger partial charge in [0.15, 0.2) is 0 Å². The van der Waals surface area contributed by atoms with Gasteiger partial charge in [0.2, 0.25) is 17.6 Å². The third kappa shape index (κ3) is 5.01. The molecule has 146 valence electrons. The Bertz CT molecular complexity index is 1090. The van der Waals surface area contributed by atoms with Gasteiger partial charge in [-0.25, -0.2) is 0 Å². The molecule has 0 saturated heterocycles. The SMILES string of the molecule is O=C(CCc1nc(-c2ccsc2)no1)Nc1ccc(Oc2ccccc2Cl)cc1. The average molecular weight is 426 g/mol. The summed E-state index contributed by atoms with van der Waals surface area (Å²) in [5.41, 5.74) is 1.58. The van der Waals surface area contributed by atoms with Crippen LogP contribution in [-0.2, 0) is 11.2 Å². The summed E-state index contributed by atoms with van der Waals surface area (Å²) in [4.78, 5) is 16.5. The molecule has 4 rings (SSSR count). The Morgan fingerprint density at radius 3 is 2.72 bits per heavy atom. The Morgan fingerprint density at radius 1 is 1.14 bits per heavy atom. The zero-order valence-corrected chi connectivity index (χ0v) is 16.7. The van der Waals surface area contributed by atoms with Crippen LogP contribution in [0.25, 0.3) is 11.4 Å². The van der Waals surface area contributed by atoms with E-state index in [9.17, 15) is 4.79 Å². The van der Waals surface area contributed by atoms with Gasteiger partial charge in [-0.3, -0.25) is 4.79 Å². The predicted molar refractivity (Wildman–Crippen MR) is 113 cm³/mol. The third-order valence-electron chi connectivity index (χ3n) is 4.02. The Labute approximate surface area is 176 Å². The number of carbonyl (C=O) groups excluding carboxylic acids is 1. The van der Waals surface area contributed by atoms with E-state index in [0.29, 0.717) is 40.3 Å². The maximum atomic E-state index is 12.2. The zero-order valence-electron chi connectivity index (χ0n) is 15.2. The predicted octanol–water partition coefficient (Wildman–Crippen LogP) is 5.82. The van der Waals surface area contributed by atoms with Crippen molar-refractivity contribution in [2.75, 3.05) is 5.32 Å². The normalized spacial score (nSPS) is 10.7. The molecule has 0 unspecified atom stereocenters. The highest BCUT2D eigenvalue weighted by atomic mass is 35.5. The van der Waals surface area contributed by atoms with Crippen LogP contribution in [-0.4, -0.2) is 16.0 Å². The molecule has 2 aromatic heterocycles. The molecule has 0 aliphatic rings. The molecule has 2 aromatic carbocycles. The third-order valence-corrected chi connectivity index (χ3v) is 5.01. The molecule has 0 spiro atoms. The molecule has 1 amide bonds. The molecule has 0 saturated carbocycles. The van der Waals surface area contributed by atoms with Crippen molar-refractivity contribution in [2.45, 2.75) is 12.8 Å². The van der Waals surface area contributed by atoms with Crippen molar-refractivity contribution in [3.05, 3.63) is 76.3 Å². The van der Waals surface area contributed by atoms with Crippen molar-refractivity contribution in [3.63, 3.8) is 0 Å². The van der Waals surface area contributed by atoms with E-state index in [1.54, 1.807) is 47.7 Å². The topological polar surface area (TPSA) is 77.2 Å². The van der Waals surface area contributed by atoms with E-state index in [4.69, 9.17) is 20.9 Å². The summed E-state index contributed by atoms with van der Waals surface area (Å²) in [5, 5.41) is 11.2. The number of anilines is 1. The number of halogens is 1. The Hall–Kier alpha value is -3.16. The first-order chi connectivity index (χ1) is 14.2. The van der Waals surface area contributed by atoms with Gasteiger partial charge in [-0.15, -0.1) is 0 Å². The lowest BCUT2D eigenvalue weighted by Crippen LogP contribution is -2.12. The van der Waals surface area contributed by atoms with Crippen LogP contribution in [0.3, 0.4) is 0 Å². The van der Waals surface area contributed by atoms with Gasteiger partial charge in [0, 0.05) is 29.5 Å². The van der Waals surface area contributed by atoms with E-state index in [-0.39, 0.29) is 12.3 Å². The Kier molecular flexibility index (Phi) is 5.88. The van der Waals surface area contributed by atoms with Crippen LogP contribution in [0.15, 0.2) is 69.9 Å². The van der Waals surface area contributed by atoms with Crippen LogP contribution in [0.1, 0.15) is 12.3 Å². The molecule has 1 N–H and O–H groups in total. The summed E-state index contributed by atoms with van der Waals surface area (Å²) < 4.78 is 10.9. The number of carbonyl (C=O) groups is 1. The van der Waals surface area contributed by atoms with Gasteiger partial charge in [-0.05, 0) is 47.8 Å². The summed E-state index contributed by atoms with van der Waals surface area (Å²) in [6.07, 6.45) is 0.611. The largest absolute Gasteiger partial charge is 0.456 e. The van der Waals surface area contributed by atoms with E-state index in [0.717, 1.165) is 5.56 Å². The van der Waals surface area contributed by atoms with E-state index in [1.165, 1.54) is 0 Å². The molecular formula is C21H16ClN3O3S. The molecule has 0 aliphatic heterocycles. The molecule has 0 radical (unpaired) electrons. The number of para-hydroxylation sites is 1. The number of aromatic nitrogens is 2. The monoisotopic (exact) mass is 425 g/mol. The summed E-state index contributed by atoms with van der Waals surface area (Å²) in [6.45, 7) is 0. The number of rotatable bonds is 7. The van der Waals surface area contributed by atoms with Crippen LogP contribution in [0.5, 0.6) is 11.5 Å². The quantitative estimate of drug-likeness (QED) is 0.404. The Balaban J connectivity index is 1.29. The summed E-state index contributed by atoms with van der Waals surface area (Å²) in [7, 11) is 0. The molecule has 0 bridgehead atoms. The van der Waals surface area contributed by atoms with Crippen molar-refractivity contribution in [1.82, 2.24) is 10.1 Å². The van der Waals surface area contributed by atoms with E-state index >= 15 is 0 Å². The minimum absolute atomic E-state index is 0.139. The van der Waals surface area contributed by atoms with Gasteiger partial charge in [-0.1, -0.05) is 28.9 Å². The lowest BCUT2D eigenvalue weighted by Gasteiger charge is -2.09. The van der Waals surface area contributed by atoms with Gasteiger partial charge >= 0.3 is 0 Å². The van der Waals surface area contributed by atoms with Gasteiger partial charge < -0.3 is 14.6 Å². The van der Waals surface area contributed by atoms with Crippen molar-refractivity contribution < 1.29 is 14.1 Å². The standard InChI is InChI=1S/C21H16ClN3O3S/c22-17-3-1-2-4-18(17)27-16-7-5-15(6-8-16)23-19(26)9-10-20-24-21(25-28-20)14-11-12-29-13-14/h1-8,11-13H,9-10H2,(H,23,26). The number of amides is 1. The molecule has 0 aliphatic carbocycles. The number of hydrogen-bond donors (Lipinski definition) is 1. The lowest BCUT2D eigenvalue weighted by molar-refractivity contribution is -0.116. The van der Waals surface area contributed by atoms with Gasteiger partial charge in [-0.2, -0.15) is 16.3 Å².